The monoisotopic (exact) mass is 316 g/mol. The molecule has 4 heteroatoms. The molecule has 0 spiro atoms. The SMILES string of the molecule is NCC(CC1Cc2ccccc2C1)NCc1cc(F)cc(F)c1. The fourth-order valence-electron chi connectivity index (χ4n) is 3.46. The minimum absolute atomic E-state index is 0.153. The highest BCUT2D eigenvalue weighted by Crippen LogP contribution is 2.29. The van der Waals surface area contributed by atoms with Crippen LogP contribution in [0, 0.1) is 17.6 Å². The van der Waals surface area contributed by atoms with E-state index >= 15 is 0 Å². The van der Waals surface area contributed by atoms with Gasteiger partial charge in [0.05, 0.1) is 0 Å². The molecular weight excluding hydrogens is 294 g/mol. The van der Waals surface area contributed by atoms with Crippen LogP contribution in [0.2, 0.25) is 0 Å². The van der Waals surface area contributed by atoms with Gasteiger partial charge in [0, 0.05) is 25.2 Å². The highest BCUT2D eigenvalue weighted by Gasteiger charge is 2.23. The van der Waals surface area contributed by atoms with Gasteiger partial charge in [-0.15, -0.1) is 0 Å². The van der Waals surface area contributed by atoms with Crippen LogP contribution in [-0.4, -0.2) is 12.6 Å². The Kier molecular flexibility index (Phi) is 5.03. The number of nitrogens with one attached hydrogen (secondary N) is 1. The van der Waals surface area contributed by atoms with Crippen LogP contribution >= 0.6 is 0 Å². The lowest BCUT2D eigenvalue weighted by atomic mass is 9.96. The van der Waals surface area contributed by atoms with Gasteiger partial charge in [0.25, 0.3) is 0 Å². The molecule has 0 amide bonds. The quantitative estimate of drug-likeness (QED) is 0.859. The van der Waals surface area contributed by atoms with E-state index in [-0.39, 0.29) is 6.04 Å². The minimum Gasteiger partial charge on any atom is -0.329 e. The summed E-state index contributed by atoms with van der Waals surface area (Å²) in [6.07, 6.45) is 3.15. The molecule has 0 saturated heterocycles. The van der Waals surface area contributed by atoms with E-state index in [0.29, 0.717) is 24.6 Å². The van der Waals surface area contributed by atoms with E-state index in [4.69, 9.17) is 5.73 Å². The van der Waals surface area contributed by atoms with Crippen LogP contribution in [0.5, 0.6) is 0 Å². The molecular formula is C19H22F2N2. The number of fused-ring (bicyclic) bond motifs is 1. The Morgan fingerprint density at radius 1 is 1.04 bits per heavy atom. The van der Waals surface area contributed by atoms with Gasteiger partial charge in [0.1, 0.15) is 11.6 Å². The van der Waals surface area contributed by atoms with Crippen molar-refractivity contribution in [2.45, 2.75) is 31.8 Å². The van der Waals surface area contributed by atoms with Crippen molar-refractivity contribution in [3.63, 3.8) is 0 Å². The minimum atomic E-state index is -0.544. The molecule has 0 aromatic heterocycles. The summed E-state index contributed by atoms with van der Waals surface area (Å²) in [4.78, 5) is 0. The van der Waals surface area contributed by atoms with Crippen LogP contribution in [0.25, 0.3) is 0 Å². The van der Waals surface area contributed by atoms with E-state index in [1.807, 2.05) is 0 Å². The van der Waals surface area contributed by atoms with Gasteiger partial charge in [0.15, 0.2) is 0 Å². The summed E-state index contributed by atoms with van der Waals surface area (Å²) in [7, 11) is 0. The molecule has 0 bridgehead atoms. The lowest BCUT2D eigenvalue weighted by Crippen LogP contribution is -2.37. The van der Waals surface area contributed by atoms with Crippen molar-refractivity contribution in [3.8, 4) is 0 Å². The van der Waals surface area contributed by atoms with Gasteiger partial charge in [-0.1, -0.05) is 24.3 Å². The number of halogens is 2. The van der Waals surface area contributed by atoms with E-state index in [1.54, 1.807) is 0 Å². The van der Waals surface area contributed by atoms with Crippen molar-refractivity contribution in [2.75, 3.05) is 6.54 Å². The summed E-state index contributed by atoms with van der Waals surface area (Å²) in [5.41, 5.74) is 9.34. The molecule has 23 heavy (non-hydrogen) atoms. The third-order valence-corrected chi connectivity index (χ3v) is 4.56. The van der Waals surface area contributed by atoms with E-state index in [2.05, 4.69) is 29.6 Å². The van der Waals surface area contributed by atoms with Gasteiger partial charge in [-0.2, -0.15) is 0 Å². The van der Waals surface area contributed by atoms with Crippen molar-refractivity contribution < 1.29 is 8.78 Å². The Hall–Kier alpha value is -1.78. The summed E-state index contributed by atoms with van der Waals surface area (Å²) in [6, 6.07) is 12.3. The first kappa shape index (κ1) is 16.1. The molecule has 1 unspecified atom stereocenters. The number of hydrogen-bond acceptors (Lipinski definition) is 2. The Labute approximate surface area is 135 Å². The van der Waals surface area contributed by atoms with Gasteiger partial charge in [-0.05, 0) is 54.0 Å². The van der Waals surface area contributed by atoms with E-state index in [0.717, 1.165) is 25.3 Å². The fourth-order valence-corrected chi connectivity index (χ4v) is 3.46. The zero-order valence-electron chi connectivity index (χ0n) is 13.1. The summed E-state index contributed by atoms with van der Waals surface area (Å²) in [5, 5.41) is 3.34. The predicted molar refractivity (Wildman–Crippen MR) is 88.0 cm³/mol. The smallest absolute Gasteiger partial charge is 0.126 e. The normalized spacial score (nSPS) is 15.6. The topological polar surface area (TPSA) is 38.0 Å². The van der Waals surface area contributed by atoms with Gasteiger partial charge in [-0.25, -0.2) is 8.78 Å². The number of benzene rings is 2. The van der Waals surface area contributed by atoms with Gasteiger partial charge in [-0.3, -0.25) is 0 Å². The maximum Gasteiger partial charge on any atom is 0.126 e. The van der Waals surface area contributed by atoms with Crippen LogP contribution in [0.3, 0.4) is 0 Å². The molecule has 0 fully saturated rings. The van der Waals surface area contributed by atoms with Crippen molar-refractivity contribution in [2.24, 2.45) is 11.7 Å². The molecule has 0 aliphatic heterocycles. The second kappa shape index (κ2) is 7.20. The zero-order chi connectivity index (χ0) is 16.2. The molecule has 2 nitrogen and oxygen atoms in total. The Bertz CT molecular complexity index is 627. The van der Waals surface area contributed by atoms with E-state index in [1.165, 1.54) is 23.3 Å². The Morgan fingerprint density at radius 2 is 1.65 bits per heavy atom. The Balaban J connectivity index is 1.55. The Morgan fingerprint density at radius 3 is 2.22 bits per heavy atom. The number of hydrogen-bond donors (Lipinski definition) is 2. The van der Waals surface area contributed by atoms with Gasteiger partial charge >= 0.3 is 0 Å². The highest BCUT2D eigenvalue weighted by molar-refractivity contribution is 5.32. The first-order chi connectivity index (χ1) is 11.1. The van der Waals surface area contributed by atoms with Gasteiger partial charge < -0.3 is 11.1 Å². The largest absolute Gasteiger partial charge is 0.329 e. The summed E-state index contributed by atoms with van der Waals surface area (Å²) in [5.74, 6) is -0.507. The molecule has 1 aliphatic rings. The lowest BCUT2D eigenvalue weighted by Gasteiger charge is -2.20. The van der Waals surface area contributed by atoms with Gasteiger partial charge in [0.2, 0.25) is 0 Å². The van der Waals surface area contributed by atoms with Crippen molar-refractivity contribution in [1.82, 2.24) is 5.32 Å². The molecule has 1 aliphatic carbocycles. The third-order valence-electron chi connectivity index (χ3n) is 4.56. The molecule has 0 heterocycles. The van der Waals surface area contributed by atoms with Crippen LogP contribution in [-0.2, 0) is 19.4 Å². The number of nitrogens with two attached hydrogens (primary N) is 1. The first-order valence-electron chi connectivity index (χ1n) is 8.09. The lowest BCUT2D eigenvalue weighted by molar-refractivity contribution is 0.394. The summed E-state index contributed by atoms with van der Waals surface area (Å²) in [6.45, 7) is 0.945. The molecule has 1 atom stereocenters. The third kappa shape index (κ3) is 4.15. The summed E-state index contributed by atoms with van der Waals surface area (Å²) < 4.78 is 26.4. The van der Waals surface area contributed by atoms with Crippen LogP contribution in [0.15, 0.2) is 42.5 Å². The molecule has 2 aromatic rings. The zero-order valence-corrected chi connectivity index (χ0v) is 13.1. The maximum absolute atomic E-state index is 13.2. The standard InChI is InChI=1S/C19H22F2N2/c20-17-7-14(8-18(21)10-17)12-23-19(11-22)9-13-5-15-3-1-2-4-16(15)6-13/h1-4,7-8,10,13,19,23H,5-6,9,11-12,22H2. The second-order valence-corrected chi connectivity index (χ2v) is 6.37. The fraction of sp³-hybridized carbons (Fsp3) is 0.368. The molecule has 0 saturated carbocycles. The summed E-state index contributed by atoms with van der Waals surface area (Å²) >= 11 is 0. The number of rotatable bonds is 6. The predicted octanol–water partition coefficient (Wildman–Crippen LogP) is 3.19. The van der Waals surface area contributed by atoms with Crippen LogP contribution < -0.4 is 11.1 Å². The highest BCUT2D eigenvalue weighted by atomic mass is 19.1. The maximum atomic E-state index is 13.2. The second-order valence-electron chi connectivity index (χ2n) is 6.37. The van der Waals surface area contributed by atoms with E-state index in [9.17, 15) is 8.78 Å². The first-order valence-corrected chi connectivity index (χ1v) is 8.09. The van der Waals surface area contributed by atoms with E-state index < -0.39 is 11.6 Å². The average molecular weight is 316 g/mol. The van der Waals surface area contributed by atoms with Crippen molar-refractivity contribution in [3.05, 3.63) is 70.8 Å². The molecule has 122 valence electrons. The van der Waals surface area contributed by atoms with Crippen molar-refractivity contribution in [1.29, 1.82) is 0 Å². The van der Waals surface area contributed by atoms with Crippen LogP contribution in [0.4, 0.5) is 8.78 Å². The molecule has 2 aromatic carbocycles. The average Bonchev–Trinajstić information content (AvgIpc) is 2.92. The van der Waals surface area contributed by atoms with Crippen LogP contribution in [0.1, 0.15) is 23.1 Å². The molecule has 0 radical (unpaired) electrons. The molecule has 3 rings (SSSR count). The van der Waals surface area contributed by atoms with Crippen molar-refractivity contribution >= 4 is 0 Å². The molecule has 3 N–H and O–H groups in total.